The Morgan fingerprint density at radius 1 is 1.25 bits per heavy atom. The van der Waals surface area contributed by atoms with Crippen LogP contribution >= 0.6 is 0 Å². The van der Waals surface area contributed by atoms with Crippen LogP contribution in [0.1, 0.15) is 38.9 Å². The van der Waals surface area contributed by atoms with Crippen LogP contribution in [0.15, 0.2) is 30.3 Å². The first-order chi connectivity index (χ1) is 7.52. The van der Waals surface area contributed by atoms with Gasteiger partial charge < -0.3 is 5.11 Å². The third kappa shape index (κ3) is 3.46. The molecule has 0 fully saturated rings. The van der Waals surface area contributed by atoms with Gasteiger partial charge in [-0.1, -0.05) is 44.2 Å². The van der Waals surface area contributed by atoms with Gasteiger partial charge in [-0.3, -0.25) is 4.79 Å². The summed E-state index contributed by atoms with van der Waals surface area (Å²) >= 11 is 0. The van der Waals surface area contributed by atoms with E-state index in [-0.39, 0.29) is 17.6 Å². The maximum absolute atomic E-state index is 11.4. The van der Waals surface area contributed by atoms with Crippen LogP contribution in [0.2, 0.25) is 0 Å². The monoisotopic (exact) mass is 220 g/mol. The van der Waals surface area contributed by atoms with Gasteiger partial charge in [-0.25, -0.2) is 0 Å². The van der Waals surface area contributed by atoms with Crippen molar-refractivity contribution < 1.29 is 9.90 Å². The summed E-state index contributed by atoms with van der Waals surface area (Å²) in [6, 6.07) is 9.50. The smallest absolute Gasteiger partial charge is 0.133 e. The Bertz CT molecular complexity index is 330. The van der Waals surface area contributed by atoms with Crippen molar-refractivity contribution >= 4 is 5.78 Å². The van der Waals surface area contributed by atoms with Gasteiger partial charge >= 0.3 is 0 Å². The van der Waals surface area contributed by atoms with Crippen LogP contribution in [0.25, 0.3) is 0 Å². The Morgan fingerprint density at radius 2 is 1.81 bits per heavy atom. The van der Waals surface area contributed by atoms with E-state index >= 15 is 0 Å². The first kappa shape index (κ1) is 12.9. The number of benzene rings is 1. The van der Waals surface area contributed by atoms with Crippen LogP contribution < -0.4 is 0 Å². The van der Waals surface area contributed by atoms with E-state index in [4.69, 9.17) is 0 Å². The van der Waals surface area contributed by atoms with Gasteiger partial charge in [0.15, 0.2) is 0 Å². The minimum absolute atomic E-state index is 0.0600. The van der Waals surface area contributed by atoms with E-state index in [1.807, 2.05) is 44.2 Å². The van der Waals surface area contributed by atoms with E-state index in [1.165, 1.54) is 0 Å². The molecule has 16 heavy (non-hydrogen) atoms. The molecule has 0 heterocycles. The summed E-state index contributed by atoms with van der Waals surface area (Å²) in [5, 5.41) is 10.0. The lowest BCUT2D eigenvalue weighted by molar-refractivity contribution is -0.123. The number of ketones is 1. The molecular weight excluding hydrogens is 200 g/mol. The first-order valence-corrected chi connectivity index (χ1v) is 5.75. The Morgan fingerprint density at radius 3 is 2.25 bits per heavy atom. The number of aliphatic hydroxyl groups excluding tert-OH is 1. The molecule has 1 rings (SSSR count). The Hall–Kier alpha value is -1.15. The second-order valence-corrected chi connectivity index (χ2v) is 4.62. The molecule has 88 valence electrons. The fraction of sp³-hybridized carbons (Fsp3) is 0.500. The highest BCUT2D eigenvalue weighted by atomic mass is 16.3. The van der Waals surface area contributed by atoms with Crippen molar-refractivity contribution in [2.24, 2.45) is 11.8 Å². The lowest BCUT2D eigenvalue weighted by Crippen LogP contribution is -2.20. The summed E-state index contributed by atoms with van der Waals surface area (Å²) in [6.07, 6.45) is -0.0331. The predicted molar refractivity (Wildman–Crippen MR) is 65.0 cm³/mol. The van der Waals surface area contributed by atoms with Crippen molar-refractivity contribution in [3.63, 3.8) is 0 Å². The molecule has 2 heteroatoms. The maximum Gasteiger partial charge on any atom is 0.133 e. The number of carbonyl (C=O) groups excluding carboxylic acids is 1. The van der Waals surface area contributed by atoms with Crippen molar-refractivity contribution in [1.29, 1.82) is 0 Å². The van der Waals surface area contributed by atoms with Crippen LogP contribution in [0, 0.1) is 11.8 Å². The summed E-state index contributed by atoms with van der Waals surface area (Å²) in [4.78, 5) is 11.4. The number of hydrogen-bond donors (Lipinski definition) is 1. The van der Waals surface area contributed by atoms with Crippen LogP contribution in [0.3, 0.4) is 0 Å². The van der Waals surface area contributed by atoms with Crippen LogP contribution in [0.4, 0.5) is 0 Å². The van der Waals surface area contributed by atoms with Crippen LogP contribution in [-0.2, 0) is 4.79 Å². The Balaban J connectivity index is 2.69. The molecule has 0 amide bonds. The molecule has 0 saturated carbocycles. The van der Waals surface area contributed by atoms with E-state index in [0.717, 1.165) is 5.56 Å². The summed E-state index contributed by atoms with van der Waals surface area (Å²) in [5.41, 5.74) is 0.884. The number of hydrogen-bond acceptors (Lipinski definition) is 2. The number of Topliss-reactive ketones (excluding diaryl/α,β-unsaturated/α-hetero) is 1. The Kier molecular flexibility index (Phi) is 4.69. The molecule has 2 unspecified atom stereocenters. The SMILES string of the molecule is CC(=O)C(CC(O)c1ccccc1)C(C)C. The zero-order valence-electron chi connectivity index (χ0n) is 10.2. The molecule has 0 radical (unpaired) electrons. The largest absolute Gasteiger partial charge is 0.388 e. The zero-order chi connectivity index (χ0) is 12.1. The third-order valence-electron chi connectivity index (χ3n) is 2.99. The van der Waals surface area contributed by atoms with Crippen LogP contribution in [-0.4, -0.2) is 10.9 Å². The van der Waals surface area contributed by atoms with Crippen molar-refractivity contribution in [3.05, 3.63) is 35.9 Å². The number of aliphatic hydroxyl groups is 1. The minimum atomic E-state index is -0.544. The van der Waals surface area contributed by atoms with Crippen LogP contribution in [0.5, 0.6) is 0 Å². The number of rotatable bonds is 5. The molecule has 0 aliphatic carbocycles. The fourth-order valence-corrected chi connectivity index (χ4v) is 1.96. The number of carbonyl (C=O) groups is 1. The lowest BCUT2D eigenvalue weighted by Gasteiger charge is -2.21. The second kappa shape index (κ2) is 5.80. The van der Waals surface area contributed by atoms with Gasteiger partial charge in [-0.05, 0) is 24.8 Å². The Labute approximate surface area is 97.3 Å². The third-order valence-corrected chi connectivity index (χ3v) is 2.99. The van der Waals surface area contributed by atoms with E-state index < -0.39 is 6.10 Å². The standard InChI is InChI=1S/C14H20O2/c1-10(2)13(11(3)15)9-14(16)12-7-5-4-6-8-12/h4-8,10,13-14,16H,9H2,1-3H3. The van der Waals surface area contributed by atoms with Crippen molar-refractivity contribution in [2.45, 2.75) is 33.3 Å². The van der Waals surface area contributed by atoms with Gasteiger partial charge in [0, 0.05) is 5.92 Å². The molecule has 1 aromatic rings. The summed E-state index contributed by atoms with van der Waals surface area (Å²) in [7, 11) is 0. The molecule has 0 aromatic heterocycles. The van der Waals surface area contributed by atoms with Crippen molar-refractivity contribution in [3.8, 4) is 0 Å². The van der Waals surface area contributed by atoms with Gasteiger partial charge in [0.25, 0.3) is 0 Å². The predicted octanol–water partition coefficient (Wildman–Crippen LogP) is 2.97. The molecule has 2 atom stereocenters. The molecule has 0 spiro atoms. The molecule has 0 saturated heterocycles. The minimum Gasteiger partial charge on any atom is -0.388 e. The lowest BCUT2D eigenvalue weighted by atomic mass is 9.85. The highest BCUT2D eigenvalue weighted by Gasteiger charge is 2.22. The van der Waals surface area contributed by atoms with Gasteiger partial charge in [0.1, 0.15) is 5.78 Å². The normalized spacial score (nSPS) is 14.8. The molecule has 1 N–H and O–H groups in total. The van der Waals surface area contributed by atoms with E-state index in [2.05, 4.69) is 0 Å². The zero-order valence-corrected chi connectivity index (χ0v) is 10.2. The first-order valence-electron chi connectivity index (χ1n) is 5.75. The molecule has 2 nitrogen and oxygen atoms in total. The van der Waals surface area contributed by atoms with E-state index in [0.29, 0.717) is 6.42 Å². The van der Waals surface area contributed by atoms with Gasteiger partial charge in [-0.15, -0.1) is 0 Å². The van der Waals surface area contributed by atoms with Gasteiger partial charge in [0.05, 0.1) is 6.10 Å². The molecule has 0 aliphatic rings. The molecule has 0 bridgehead atoms. The summed E-state index contributed by atoms with van der Waals surface area (Å²) in [5.74, 6) is 0.371. The van der Waals surface area contributed by atoms with Crippen molar-refractivity contribution in [1.82, 2.24) is 0 Å². The summed E-state index contributed by atoms with van der Waals surface area (Å²) < 4.78 is 0. The average molecular weight is 220 g/mol. The van der Waals surface area contributed by atoms with Gasteiger partial charge in [0.2, 0.25) is 0 Å². The highest BCUT2D eigenvalue weighted by molar-refractivity contribution is 5.78. The summed E-state index contributed by atoms with van der Waals surface area (Å²) in [6.45, 7) is 5.63. The average Bonchev–Trinajstić information content (AvgIpc) is 2.25. The second-order valence-electron chi connectivity index (χ2n) is 4.62. The van der Waals surface area contributed by atoms with E-state index in [1.54, 1.807) is 6.92 Å². The molecule has 1 aromatic carbocycles. The highest BCUT2D eigenvalue weighted by Crippen LogP contribution is 2.26. The maximum atomic E-state index is 11.4. The topological polar surface area (TPSA) is 37.3 Å². The molecular formula is C14H20O2. The quantitative estimate of drug-likeness (QED) is 0.828. The van der Waals surface area contributed by atoms with Crippen molar-refractivity contribution in [2.75, 3.05) is 0 Å². The van der Waals surface area contributed by atoms with Gasteiger partial charge in [-0.2, -0.15) is 0 Å². The molecule has 0 aliphatic heterocycles. The fourth-order valence-electron chi connectivity index (χ4n) is 1.96. The van der Waals surface area contributed by atoms with E-state index in [9.17, 15) is 9.90 Å².